The molecule has 0 amide bonds. The van der Waals surface area contributed by atoms with Gasteiger partial charge in [0.2, 0.25) is 0 Å². The summed E-state index contributed by atoms with van der Waals surface area (Å²) in [6.07, 6.45) is 0. The van der Waals surface area contributed by atoms with E-state index in [1.165, 1.54) is 11.3 Å². The van der Waals surface area contributed by atoms with Gasteiger partial charge in [-0.3, -0.25) is 4.79 Å². The molecule has 2 aromatic carbocycles. The average Bonchev–Trinajstić information content (AvgIpc) is 3.16. The van der Waals surface area contributed by atoms with Crippen LogP contribution in [0.15, 0.2) is 59.1 Å². The third-order valence-corrected chi connectivity index (χ3v) is 5.19. The normalized spacial score (nSPS) is 11.8. The molecule has 9 heteroatoms. The van der Waals surface area contributed by atoms with Crippen molar-refractivity contribution in [3.63, 3.8) is 0 Å². The van der Waals surface area contributed by atoms with Crippen molar-refractivity contribution in [3.8, 4) is 6.07 Å². The third-order valence-electron chi connectivity index (χ3n) is 4.14. The molecule has 0 spiro atoms. The number of hydrogen-bond acceptors (Lipinski definition) is 8. The second-order valence-corrected chi connectivity index (χ2v) is 6.97. The minimum atomic E-state index is -0.842. The van der Waals surface area contributed by atoms with Crippen LogP contribution in [0.5, 0.6) is 0 Å². The van der Waals surface area contributed by atoms with Gasteiger partial charge in [-0.1, -0.05) is 30.3 Å². The van der Waals surface area contributed by atoms with Gasteiger partial charge in [-0.2, -0.15) is 10.4 Å². The average molecular weight is 404 g/mol. The van der Waals surface area contributed by atoms with Crippen LogP contribution in [-0.4, -0.2) is 32.9 Å². The fraction of sp³-hybridized carbons (Fsp3) is 0.0500. The lowest BCUT2D eigenvalue weighted by molar-refractivity contribution is 0.0497. The van der Waals surface area contributed by atoms with E-state index in [2.05, 4.69) is 15.2 Å². The molecule has 0 radical (unpaired) electrons. The summed E-state index contributed by atoms with van der Waals surface area (Å²) in [6.45, 7) is -0.535. The summed E-state index contributed by atoms with van der Waals surface area (Å²) in [7, 11) is 0. The summed E-state index contributed by atoms with van der Waals surface area (Å²) in [5.74, 6) is -1.26. The first-order valence-electron chi connectivity index (χ1n) is 8.41. The van der Waals surface area contributed by atoms with Crippen LogP contribution in [0.2, 0.25) is 0 Å². The fourth-order valence-electron chi connectivity index (χ4n) is 2.76. The summed E-state index contributed by atoms with van der Waals surface area (Å²) in [6, 6.07) is 15.7. The number of rotatable bonds is 4. The summed E-state index contributed by atoms with van der Waals surface area (Å²) in [5.41, 5.74) is 0.112. The number of carbonyl (C=O) groups is 1. The molecule has 8 nitrogen and oxygen atoms in total. The van der Waals surface area contributed by atoms with E-state index in [0.717, 1.165) is 4.70 Å². The lowest BCUT2D eigenvalue weighted by atomic mass is 10.1. The summed E-state index contributed by atoms with van der Waals surface area (Å²) < 4.78 is 5.98. The number of para-hydroxylation sites is 1. The van der Waals surface area contributed by atoms with Gasteiger partial charge in [-0.05, 0) is 18.2 Å². The predicted octanol–water partition coefficient (Wildman–Crippen LogP) is 3.18. The topological polar surface area (TPSA) is 129 Å². The Hall–Kier alpha value is -4.03. The largest absolute Gasteiger partial charge is 0.507 e. The van der Waals surface area contributed by atoms with Crippen molar-refractivity contribution in [2.45, 2.75) is 0 Å². The highest BCUT2D eigenvalue weighted by atomic mass is 32.1. The lowest BCUT2D eigenvalue weighted by Gasteiger charge is -2.06. The number of H-pyrrole nitrogens is 1. The second-order valence-electron chi connectivity index (χ2n) is 5.94. The molecule has 0 unspecified atom stereocenters. The Morgan fingerprint density at radius 3 is 2.66 bits per heavy atom. The van der Waals surface area contributed by atoms with Crippen molar-refractivity contribution >= 4 is 43.9 Å². The summed E-state index contributed by atoms with van der Waals surface area (Å²) in [4.78, 5) is 28.6. The Labute approximate surface area is 167 Å². The molecular weight excluding hydrogens is 392 g/mol. The van der Waals surface area contributed by atoms with Crippen molar-refractivity contribution in [2.75, 3.05) is 6.61 Å². The number of thiazole rings is 1. The van der Waals surface area contributed by atoms with E-state index in [9.17, 15) is 20.0 Å². The monoisotopic (exact) mass is 404 g/mol. The molecule has 4 aromatic rings. The van der Waals surface area contributed by atoms with Crippen LogP contribution in [0.25, 0.3) is 26.6 Å². The number of aromatic nitrogens is 3. The Bertz CT molecular complexity index is 1350. The molecule has 0 saturated carbocycles. The number of esters is 1. The van der Waals surface area contributed by atoms with Crippen LogP contribution in [0, 0.1) is 11.3 Å². The number of aliphatic hydroxyl groups is 1. The van der Waals surface area contributed by atoms with Gasteiger partial charge in [0.25, 0.3) is 5.56 Å². The SMILES string of the molecule is N#C/C(=C(/O)COC(=O)c1n[nH]c(=O)c2ccccc12)c1nc2ccccc2s1. The number of benzene rings is 2. The molecular formula is C20H12N4O4S. The van der Waals surface area contributed by atoms with Gasteiger partial charge in [-0.15, -0.1) is 11.3 Å². The van der Waals surface area contributed by atoms with Crippen molar-refractivity contribution in [1.29, 1.82) is 5.26 Å². The van der Waals surface area contributed by atoms with Crippen LogP contribution in [0.4, 0.5) is 0 Å². The van der Waals surface area contributed by atoms with E-state index in [-0.39, 0.29) is 11.3 Å². The molecule has 0 fully saturated rings. The van der Waals surface area contributed by atoms with Crippen molar-refractivity contribution in [3.05, 3.63) is 75.3 Å². The molecule has 4 rings (SSSR count). The molecule has 0 bridgehead atoms. The number of fused-ring (bicyclic) bond motifs is 2. The minimum absolute atomic E-state index is 0.0710. The predicted molar refractivity (Wildman–Crippen MR) is 107 cm³/mol. The Balaban J connectivity index is 1.61. The van der Waals surface area contributed by atoms with E-state index < -0.39 is 23.9 Å². The Kier molecular flexibility index (Phi) is 4.76. The maximum atomic E-state index is 12.4. The van der Waals surface area contributed by atoms with Gasteiger partial charge in [0.15, 0.2) is 11.5 Å². The minimum Gasteiger partial charge on any atom is -0.507 e. The number of carbonyl (C=O) groups excluding carboxylic acids is 1. The number of ether oxygens (including phenoxy) is 1. The van der Waals surface area contributed by atoms with Crippen molar-refractivity contribution in [1.82, 2.24) is 15.2 Å². The van der Waals surface area contributed by atoms with E-state index in [1.807, 2.05) is 24.3 Å². The zero-order valence-electron chi connectivity index (χ0n) is 14.7. The molecule has 0 saturated heterocycles. The number of hydrogen-bond donors (Lipinski definition) is 2. The molecule has 0 aliphatic heterocycles. The first-order chi connectivity index (χ1) is 14.1. The fourth-order valence-corrected chi connectivity index (χ4v) is 3.74. The molecule has 2 heterocycles. The molecule has 2 N–H and O–H groups in total. The molecule has 0 aliphatic carbocycles. The van der Waals surface area contributed by atoms with Gasteiger partial charge < -0.3 is 9.84 Å². The highest BCUT2D eigenvalue weighted by Crippen LogP contribution is 2.28. The Morgan fingerprint density at radius 2 is 1.90 bits per heavy atom. The van der Waals surface area contributed by atoms with E-state index in [4.69, 9.17) is 4.74 Å². The first-order valence-corrected chi connectivity index (χ1v) is 9.23. The molecule has 29 heavy (non-hydrogen) atoms. The first kappa shape index (κ1) is 18.3. The maximum absolute atomic E-state index is 12.4. The molecule has 0 atom stereocenters. The van der Waals surface area contributed by atoms with Crippen LogP contribution in [0.1, 0.15) is 15.5 Å². The van der Waals surface area contributed by atoms with E-state index >= 15 is 0 Å². The highest BCUT2D eigenvalue weighted by molar-refractivity contribution is 7.19. The smallest absolute Gasteiger partial charge is 0.359 e. The third kappa shape index (κ3) is 3.44. The van der Waals surface area contributed by atoms with Gasteiger partial charge in [0, 0.05) is 5.39 Å². The van der Waals surface area contributed by atoms with Crippen LogP contribution in [0.3, 0.4) is 0 Å². The number of aromatic amines is 1. The van der Waals surface area contributed by atoms with E-state index in [0.29, 0.717) is 21.3 Å². The standard InChI is InChI=1S/C20H12N4O4S/c21-9-13(19-22-14-7-3-4-8-16(14)29-19)15(25)10-28-20(27)17-11-5-1-2-6-12(11)18(26)24-23-17/h1-8,25H,10H2,(H,24,26)/b15-13-. The van der Waals surface area contributed by atoms with Gasteiger partial charge in [0.1, 0.15) is 23.3 Å². The van der Waals surface area contributed by atoms with Crippen LogP contribution in [-0.2, 0) is 4.74 Å². The molecule has 0 aliphatic rings. The maximum Gasteiger partial charge on any atom is 0.359 e. The molecule has 142 valence electrons. The number of aliphatic hydroxyl groups excluding tert-OH is 1. The van der Waals surface area contributed by atoms with Crippen LogP contribution < -0.4 is 5.56 Å². The quantitative estimate of drug-likeness (QED) is 0.304. The van der Waals surface area contributed by atoms with Crippen molar-refractivity contribution < 1.29 is 14.6 Å². The number of nitrogens with zero attached hydrogens (tertiary/aromatic N) is 3. The van der Waals surface area contributed by atoms with Gasteiger partial charge in [0.05, 0.1) is 15.6 Å². The van der Waals surface area contributed by atoms with Gasteiger partial charge >= 0.3 is 5.97 Å². The Morgan fingerprint density at radius 1 is 1.17 bits per heavy atom. The summed E-state index contributed by atoms with van der Waals surface area (Å²) >= 11 is 1.25. The van der Waals surface area contributed by atoms with E-state index in [1.54, 1.807) is 30.3 Å². The molecule has 2 aromatic heterocycles. The highest BCUT2D eigenvalue weighted by Gasteiger charge is 2.18. The second kappa shape index (κ2) is 7.53. The number of nitriles is 1. The number of allylic oxidation sites excluding steroid dienone is 1. The van der Waals surface area contributed by atoms with Crippen LogP contribution >= 0.6 is 11.3 Å². The van der Waals surface area contributed by atoms with Crippen molar-refractivity contribution in [2.24, 2.45) is 0 Å². The summed E-state index contributed by atoms with van der Waals surface area (Å²) in [5, 5.41) is 26.7. The lowest BCUT2D eigenvalue weighted by Crippen LogP contribution is -2.17. The zero-order valence-corrected chi connectivity index (χ0v) is 15.6. The van der Waals surface area contributed by atoms with Gasteiger partial charge in [-0.25, -0.2) is 14.9 Å². The zero-order chi connectivity index (χ0) is 20.4. The number of nitrogens with one attached hydrogen (secondary N) is 1.